The Balaban J connectivity index is 1.93. The SMILES string of the molecule is O=C(O)C1CCc2nc(-c3ccc(O)c(O)c3)ncc2C1. The van der Waals surface area contributed by atoms with Crippen molar-refractivity contribution in [1.29, 1.82) is 0 Å². The molecule has 1 unspecified atom stereocenters. The van der Waals surface area contributed by atoms with Crippen LogP contribution in [0, 0.1) is 5.92 Å². The van der Waals surface area contributed by atoms with Crippen molar-refractivity contribution in [1.82, 2.24) is 9.97 Å². The van der Waals surface area contributed by atoms with E-state index in [0.29, 0.717) is 30.7 Å². The first-order valence-electron chi connectivity index (χ1n) is 6.64. The van der Waals surface area contributed by atoms with Crippen LogP contribution in [0.4, 0.5) is 0 Å². The van der Waals surface area contributed by atoms with Crippen molar-refractivity contribution >= 4 is 5.97 Å². The van der Waals surface area contributed by atoms with Gasteiger partial charge in [0.2, 0.25) is 0 Å². The fourth-order valence-corrected chi connectivity index (χ4v) is 2.52. The lowest BCUT2D eigenvalue weighted by atomic mass is 9.87. The molecule has 1 aliphatic carbocycles. The zero-order valence-corrected chi connectivity index (χ0v) is 11.2. The molecule has 6 nitrogen and oxygen atoms in total. The molecule has 1 aliphatic rings. The quantitative estimate of drug-likeness (QED) is 0.727. The Morgan fingerprint density at radius 3 is 2.76 bits per heavy atom. The molecule has 21 heavy (non-hydrogen) atoms. The summed E-state index contributed by atoms with van der Waals surface area (Å²) in [4.78, 5) is 19.7. The summed E-state index contributed by atoms with van der Waals surface area (Å²) in [5.41, 5.74) is 2.32. The number of hydrogen-bond acceptors (Lipinski definition) is 5. The van der Waals surface area contributed by atoms with Crippen molar-refractivity contribution < 1.29 is 20.1 Å². The molecule has 1 heterocycles. The largest absolute Gasteiger partial charge is 0.504 e. The first-order chi connectivity index (χ1) is 10.0. The van der Waals surface area contributed by atoms with E-state index in [-0.39, 0.29) is 17.4 Å². The summed E-state index contributed by atoms with van der Waals surface area (Å²) in [6.07, 6.45) is 3.27. The summed E-state index contributed by atoms with van der Waals surface area (Å²) in [6.45, 7) is 0. The third-order valence-electron chi connectivity index (χ3n) is 3.73. The lowest BCUT2D eigenvalue weighted by Gasteiger charge is -2.20. The number of fused-ring (bicyclic) bond motifs is 1. The Morgan fingerprint density at radius 1 is 1.24 bits per heavy atom. The standard InChI is InChI=1S/C15H14N2O4/c18-12-4-2-8(6-13(12)19)14-16-7-10-5-9(15(20)21)1-3-11(10)17-14/h2,4,6-7,9,18-19H,1,3,5H2,(H,20,21). The second-order valence-electron chi connectivity index (χ2n) is 5.15. The fraction of sp³-hybridized carbons (Fsp3) is 0.267. The van der Waals surface area contributed by atoms with Gasteiger partial charge in [0.05, 0.1) is 5.92 Å². The van der Waals surface area contributed by atoms with Crippen LogP contribution in [-0.4, -0.2) is 31.3 Å². The van der Waals surface area contributed by atoms with Crippen LogP contribution in [-0.2, 0) is 17.6 Å². The fourth-order valence-electron chi connectivity index (χ4n) is 2.52. The number of aromatic hydroxyl groups is 2. The van der Waals surface area contributed by atoms with Crippen LogP contribution in [0.25, 0.3) is 11.4 Å². The van der Waals surface area contributed by atoms with Crippen LogP contribution in [0.5, 0.6) is 11.5 Å². The number of rotatable bonds is 2. The Morgan fingerprint density at radius 2 is 2.05 bits per heavy atom. The maximum Gasteiger partial charge on any atom is 0.306 e. The van der Waals surface area contributed by atoms with E-state index in [0.717, 1.165) is 11.3 Å². The number of carboxylic acids is 1. The molecule has 0 radical (unpaired) electrons. The molecule has 3 N–H and O–H groups in total. The van der Waals surface area contributed by atoms with Gasteiger partial charge in [-0.05, 0) is 43.0 Å². The van der Waals surface area contributed by atoms with Crippen LogP contribution in [0.15, 0.2) is 24.4 Å². The van der Waals surface area contributed by atoms with Gasteiger partial charge in [-0.15, -0.1) is 0 Å². The van der Waals surface area contributed by atoms with E-state index in [1.54, 1.807) is 12.3 Å². The monoisotopic (exact) mass is 286 g/mol. The summed E-state index contributed by atoms with van der Waals surface area (Å²) in [6, 6.07) is 4.41. The molecule has 0 amide bonds. The van der Waals surface area contributed by atoms with Gasteiger partial charge < -0.3 is 15.3 Å². The number of aryl methyl sites for hydroxylation is 1. The molecule has 0 aliphatic heterocycles. The Labute approximate surface area is 120 Å². The van der Waals surface area contributed by atoms with E-state index in [2.05, 4.69) is 9.97 Å². The van der Waals surface area contributed by atoms with Crippen molar-refractivity contribution in [2.24, 2.45) is 5.92 Å². The predicted molar refractivity (Wildman–Crippen MR) is 73.9 cm³/mol. The lowest BCUT2D eigenvalue weighted by molar-refractivity contribution is -0.142. The van der Waals surface area contributed by atoms with Gasteiger partial charge in [0.25, 0.3) is 0 Å². The molecule has 1 aromatic heterocycles. The van der Waals surface area contributed by atoms with Crippen molar-refractivity contribution in [3.05, 3.63) is 35.7 Å². The van der Waals surface area contributed by atoms with Crippen molar-refractivity contribution in [2.45, 2.75) is 19.3 Å². The number of carbonyl (C=O) groups is 1. The summed E-state index contributed by atoms with van der Waals surface area (Å²) < 4.78 is 0. The molecule has 0 spiro atoms. The van der Waals surface area contributed by atoms with Gasteiger partial charge >= 0.3 is 5.97 Å². The minimum Gasteiger partial charge on any atom is -0.504 e. The summed E-state index contributed by atoms with van der Waals surface area (Å²) in [5, 5.41) is 27.9. The molecule has 2 aromatic rings. The van der Waals surface area contributed by atoms with Crippen molar-refractivity contribution in [2.75, 3.05) is 0 Å². The maximum absolute atomic E-state index is 11.0. The van der Waals surface area contributed by atoms with E-state index < -0.39 is 5.97 Å². The molecule has 3 rings (SSSR count). The second-order valence-corrected chi connectivity index (χ2v) is 5.15. The van der Waals surface area contributed by atoms with Crippen LogP contribution in [0.2, 0.25) is 0 Å². The Kier molecular flexibility index (Phi) is 3.21. The minimum absolute atomic E-state index is 0.194. The number of aliphatic carboxylic acids is 1. The van der Waals surface area contributed by atoms with Gasteiger partial charge in [-0.1, -0.05) is 0 Å². The van der Waals surface area contributed by atoms with E-state index in [4.69, 9.17) is 5.11 Å². The first-order valence-corrected chi connectivity index (χ1v) is 6.64. The predicted octanol–water partition coefficient (Wildman–Crippen LogP) is 1.74. The molecule has 1 aromatic carbocycles. The maximum atomic E-state index is 11.0. The third-order valence-corrected chi connectivity index (χ3v) is 3.73. The average molecular weight is 286 g/mol. The van der Waals surface area contributed by atoms with E-state index in [9.17, 15) is 15.0 Å². The lowest BCUT2D eigenvalue weighted by Crippen LogP contribution is -2.23. The number of carboxylic acid groups (broad SMARTS) is 1. The summed E-state index contributed by atoms with van der Waals surface area (Å²) in [7, 11) is 0. The number of phenols is 2. The van der Waals surface area contributed by atoms with Gasteiger partial charge in [-0.3, -0.25) is 4.79 Å². The molecule has 6 heteroatoms. The highest BCUT2D eigenvalue weighted by molar-refractivity contribution is 5.71. The summed E-state index contributed by atoms with van der Waals surface area (Å²) in [5.74, 6) is -1.11. The molecule has 0 saturated heterocycles. The zero-order valence-electron chi connectivity index (χ0n) is 11.2. The zero-order chi connectivity index (χ0) is 15.0. The molecule has 108 valence electrons. The molecule has 1 atom stereocenters. The van der Waals surface area contributed by atoms with E-state index in [1.807, 2.05) is 0 Å². The first kappa shape index (κ1) is 13.4. The van der Waals surface area contributed by atoms with E-state index in [1.165, 1.54) is 12.1 Å². The topological polar surface area (TPSA) is 104 Å². The second kappa shape index (κ2) is 5.05. The van der Waals surface area contributed by atoms with E-state index >= 15 is 0 Å². The minimum atomic E-state index is -0.784. The summed E-state index contributed by atoms with van der Waals surface area (Å²) >= 11 is 0. The molecule has 0 bridgehead atoms. The smallest absolute Gasteiger partial charge is 0.306 e. The molecular weight excluding hydrogens is 272 g/mol. The highest BCUT2D eigenvalue weighted by Crippen LogP contribution is 2.30. The van der Waals surface area contributed by atoms with Crippen LogP contribution >= 0.6 is 0 Å². The van der Waals surface area contributed by atoms with Gasteiger partial charge in [-0.25, -0.2) is 9.97 Å². The highest BCUT2D eigenvalue weighted by Gasteiger charge is 2.25. The Bertz CT molecular complexity index is 715. The number of benzene rings is 1. The van der Waals surface area contributed by atoms with Gasteiger partial charge in [0, 0.05) is 17.5 Å². The van der Waals surface area contributed by atoms with Gasteiger partial charge in [0.15, 0.2) is 17.3 Å². The van der Waals surface area contributed by atoms with Crippen molar-refractivity contribution in [3.63, 3.8) is 0 Å². The molecule has 0 saturated carbocycles. The number of hydrogen-bond donors (Lipinski definition) is 3. The number of phenolic OH excluding ortho intramolecular Hbond substituents is 2. The highest BCUT2D eigenvalue weighted by atomic mass is 16.4. The van der Waals surface area contributed by atoms with Crippen LogP contribution in [0.1, 0.15) is 17.7 Å². The molecule has 0 fully saturated rings. The number of nitrogens with zero attached hydrogens (tertiary/aromatic N) is 2. The molecular formula is C15H14N2O4. The van der Waals surface area contributed by atoms with Crippen molar-refractivity contribution in [3.8, 4) is 22.9 Å². The van der Waals surface area contributed by atoms with Crippen LogP contribution in [0.3, 0.4) is 0 Å². The normalized spacial score (nSPS) is 17.2. The van der Waals surface area contributed by atoms with Gasteiger partial charge in [-0.2, -0.15) is 0 Å². The number of aromatic nitrogens is 2. The van der Waals surface area contributed by atoms with Gasteiger partial charge in [0.1, 0.15) is 0 Å². The Hall–Kier alpha value is -2.63. The third kappa shape index (κ3) is 2.52. The van der Waals surface area contributed by atoms with Crippen LogP contribution < -0.4 is 0 Å². The average Bonchev–Trinajstić information content (AvgIpc) is 2.49.